The largest absolute Gasteiger partial charge is 0.444 e. The first-order chi connectivity index (χ1) is 10.8. The number of hydrogen-bond acceptors (Lipinski definition) is 6. The maximum Gasteiger partial charge on any atom is 0.414 e. The van der Waals surface area contributed by atoms with Gasteiger partial charge in [0.15, 0.2) is 0 Å². The third-order valence-corrected chi connectivity index (χ3v) is 7.12. The van der Waals surface area contributed by atoms with Gasteiger partial charge in [-0.3, -0.25) is 5.32 Å². The molecule has 1 aromatic heterocycles. The Morgan fingerprint density at radius 3 is 2.62 bits per heavy atom. The zero-order valence-electron chi connectivity index (χ0n) is 14.1. The van der Waals surface area contributed by atoms with Gasteiger partial charge in [0.25, 0.3) is 0 Å². The Kier molecular flexibility index (Phi) is 5.04. The van der Waals surface area contributed by atoms with Gasteiger partial charge in [-0.05, 0) is 49.7 Å². The third kappa shape index (κ3) is 4.28. The first-order valence-electron chi connectivity index (χ1n) is 7.13. The van der Waals surface area contributed by atoms with Crippen molar-refractivity contribution in [2.24, 2.45) is 4.99 Å². The number of aliphatic imine (C=N–C) groups is 1. The molecule has 1 amide bonds. The van der Waals surface area contributed by atoms with Crippen molar-refractivity contribution in [1.29, 1.82) is 0 Å². The summed E-state index contributed by atoms with van der Waals surface area (Å²) in [4.78, 5) is 17.3. The van der Waals surface area contributed by atoms with Crippen LogP contribution in [0.3, 0.4) is 0 Å². The van der Waals surface area contributed by atoms with Crippen LogP contribution in [0.5, 0.6) is 0 Å². The van der Waals surface area contributed by atoms with E-state index < -0.39 is 27.3 Å². The van der Waals surface area contributed by atoms with Gasteiger partial charge < -0.3 is 4.74 Å². The third-order valence-electron chi connectivity index (χ3n) is 3.24. The second-order valence-electron chi connectivity index (χ2n) is 6.69. The van der Waals surface area contributed by atoms with Gasteiger partial charge in [-0.25, -0.2) is 22.5 Å². The molecule has 0 aliphatic carbocycles. The Morgan fingerprint density at radius 1 is 1.50 bits per heavy atom. The van der Waals surface area contributed by atoms with Crippen molar-refractivity contribution < 1.29 is 17.9 Å². The second-order valence-corrected chi connectivity index (χ2v) is 10.5. The van der Waals surface area contributed by atoms with Gasteiger partial charge in [0.2, 0.25) is 16.0 Å². The summed E-state index contributed by atoms with van der Waals surface area (Å²) >= 11 is 4.77. The zero-order valence-corrected chi connectivity index (χ0v) is 17.3. The Hall–Kier alpha value is -1.13. The van der Waals surface area contributed by atoms with Crippen LogP contribution in [0.2, 0.25) is 0 Å². The highest BCUT2D eigenvalue weighted by Crippen LogP contribution is 2.37. The summed E-state index contributed by atoms with van der Waals surface area (Å²) < 4.78 is 32.0. The van der Waals surface area contributed by atoms with Crippen molar-refractivity contribution in [3.8, 4) is 0 Å². The molecule has 1 N–H and O–H groups in total. The Balaban J connectivity index is 2.38. The Morgan fingerprint density at radius 2 is 2.12 bits per heavy atom. The molecule has 0 fully saturated rings. The quantitative estimate of drug-likeness (QED) is 0.731. The van der Waals surface area contributed by atoms with Crippen LogP contribution in [-0.2, 0) is 20.3 Å². The molecular weight excluding hydrogens is 418 g/mol. The highest BCUT2D eigenvalue weighted by molar-refractivity contribution is 9.10. The number of carbonyl (C=O) groups excluding carboxylic acids is 1. The highest BCUT2D eigenvalue weighted by Gasteiger charge is 2.42. The number of alkyl carbamates (subject to hydrolysis) is 1. The molecule has 10 heteroatoms. The molecule has 0 aromatic carbocycles. The number of ether oxygens (including phenoxy) is 1. The molecule has 0 saturated heterocycles. The molecule has 2 heterocycles. The fourth-order valence-corrected chi connectivity index (χ4v) is 5.24. The maximum absolute atomic E-state index is 12.5. The van der Waals surface area contributed by atoms with Gasteiger partial charge in [0.05, 0.1) is 5.75 Å². The SMILES string of the molecule is CN1C(NC(=O)OC(C)(C)C)=N[C@](C)(c2cc(Br)cs2)CS1(=O)=O. The van der Waals surface area contributed by atoms with Crippen molar-refractivity contribution in [3.63, 3.8) is 0 Å². The van der Waals surface area contributed by atoms with Gasteiger partial charge in [-0.15, -0.1) is 11.3 Å². The van der Waals surface area contributed by atoms with Crippen LogP contribution in [0.25, 0.3) is 0 Å². The van der Waals surface area contributed by atoms with Crippen LogP contribution in [0.15, 0.2) is 20.9 Å². The lowest BCUT2D eigenvalue weighted by Crippen LogP contribution is -2.53. The van der Waals surface area contributed by atoms with Crippen LogP contribution in [-0.4, -0.2) is 43.2 Å². The van der Waals surface area contributed by atoms with E-state index in [0.29, 0.717) is 0 Å². The number of carbonyl (C=O) groups is 1. The van der Waals surface area contributed by atoms with Crippen LogP contribution in [0.1, 0.15) is 32.6 Å². The molecule has 0 unspecified atom stereocenters. The minimum atomic E-state index is -3.62. The van der Waals surface area contributed by atoms with Crippen LogP contribution in [0.4, 0.5) is 4.79 Å². The molecule has 0 radical (unpaired) electrons. The van der Waals surface area contributed by atoms with E-state index in [1.54, 1.807) is 27.7 Å². The minimum Gasteiger partial charge on any atom is -0.444 e. The second kappa shape index (κ2) is 6.30. The van der Waals surface area contributed by atoms with Crippen LogP contribution < -0.4 is 5.32 Å². The monoisotopic (exact) mass is 437 g/mol. The van der Waals surface area contributed by atoms with Crippen LogP contribution >= 0.6 is 27.3 Å². The van der Waals surface area contributed by atoms with E-state index in [9.17, 15) is 13.2 Å². The van der Waals surface area contributed by atoms with Crippen LogP contribution in [0, 0.1) is 0 Å². The van der Waals surface area contributed by atoms with E-state index in [1.807, 2.05) is 11.4 Å². The number of amides is 1. The molecule has 24 heavy (non-hydrogen) atoms. The molecule has 1 aliphatic heterocycles. The van der Waals surface area contributed by atoms with Gasteiger partial charge >= 0.3 is 6.09 Å². The number of guanidine groups is 1. The number of rotatable bonds is 1. The summed E-state index contributed by atoms with van der Waals surface area (Å²) in [7, 11) is -2.27. The van der Waals surface area contributed by atoms with E-state index >= 15 is 0 Å². The molecule has 0 spiro atoms. The predicted octanol–water partition coefficient (Wildman–Crippen LogP) is 2.88. The maximum atomic E-state index is 12.5. The fourth-order valence-electron chi connectivity index (χ4n) is 2.14. The molecule has 1 aliphatic rings. The molecule has 2 rings (SSSR count). The summed E-state index contributed by atoms with van der Waals surface area (Å²) in [5, 5.41) is 4.30. The molecular formula is C14H20BrN3O4S2. The van der Waals surface area contributed by atoms with E-state index in [0.717, 1.165) is 13.7 Å². The average molecular weight is 438 g/mol. The van der Waals surface area contributed by atoms with Gasteiger partial charge in [0, 0.05) is 21.8 Å². The van der Waals surface area contributed by atoms with Gasteiger partial charge in [-0.1, -0.05) is 0 Å². The van der Waals surface area contributed by atoms with E-state index in [1.165, 1.54) is 18.4 Å². The first-order valence-corrected chi connectivity index (χ1v) is 10.4. The van der Waals surface area contributed by atoms with Crippen molar-refractivity contribution in [2.45, 2.75) is 38.8 Å². The van der Waals surface area contributed by atoms with Gasteiger partial charge in [0.1, 0.15) is 11.1 Å². The number of nitrogens with zero attached hydrogens (tertiary/aromatic N) is 2. The lowest BCUT2D eigenvalue weighted by molar-refractivity contribution is 0.0559. The molecule has 7 nitrogen and oxygen atoms in total. The van der Waals surface area contributed by atoms with E-state index in [4.69, 9.17) is 4.74 Å². The predicted molar refractivity (Wildman–Crippen MR) is 97.7 cm³/mol. The lowest BCUT2D eigenvalue weighted by atomic mass is 10.0. The number of hydrogen-bond donors (Lipinski definition) is 1. The molecule has 0 saturated carbocycles. The smallest absolute Gasteiger partial charge is 0.414 e. The number of sulfonamides is 1. The van der Waals surface area contributed by atoms with Crippen molar-refractivity contribution in [3.05, 3.63) is 20.8 Å². The first kappa shape index (κ1) is 19.2. The van der Waals surface area contributed by atoms with E-state index in [2.05, 4.69) is 26.2 Å². The van der Waals surface area contributed by atoms with Crippen molar-refractivity contribution in [1.82, 2.24) is 9.62 Å². The Labute approximate surface area is 154 Å². The zero-order chi connectivity index (χ0) is 18.3. The standard InChI is InChI=1S/C14H20BrN3O4S2/c1-13(2,3)22-12(19)16-11-17-14(4,8-24(20,21)18(11)5)10-6-9(15)7-23-10/h6-7H,8H2,1-5H3,(H,16,17,19)/t14-/m0/s1. The summed E-state index contributed by atoms with van der Waals surface area (Å²) in [6.45, 7) is 6.90. The number of thiophene rings is 1. The summed E-state index contributed by atoms with van der Waals surface area (Å²) in [6, 6.07) is 1.83. The summed E-state index contributed by atoms with van der Waals surface area (Å²) in [5.41, 5.74) is -1.68. The van der Waals surface area contributed by atoms with Gasteiger partial charge in [-0.2, -0.15) is 0 Å². The van der Waals surface area contributed by atoms with Crippen molar-refractivity contribution >= 4 is 49.3 Å². The summed E-state index contributed by atoms with van der Waals surface area (Å²) in [6.07, 6.45) is -0.750. The number of halogens is 1. The molecule has 1 atom stereocenters. The normalized spacial score (nSPS) is 23.6. The van der Waals surface area contributed by atoms with E-state index in [-0.39, 0.29) is 11.7 Å². The summed E-state index contributed by atoms with van der Waals surface area (Å²) in [5.74, 6) is -0.231. The molecule has 1 aromatic rings. The van der Waals surface area contributed by atoms with Crippen molar-refractivity contribution in [2.75, 3.05) is 12.8 Å². The minimum absolute atomic E-state index is 0.0532. The molecule has 134 valence electrons. The highest BCUT2D eigenvalue weighted by atomic mass is 79.9. The number of nitrogens with one attached hydrogen (secondary N) is 1. The average Bonchev–Trinajstić information content (AvgIpc) is 2.80. The topological polar surface area (TPSA) is 88.1 Å². The fraction of sp³-hybridized carbons (Fsp3) is 0.571. The lowest BCUT2D eigenvalue weighted by Gasteiger charge is -2.35. The molecule has 0 bridgehead atoms. The Bertz CT molecular complexity index is 782.